The largest absolute Gasteiger partial charge is 0.350 e. The summed E-state index contributed by atoms with van der Waals surface area (Å²) >= 11 is 11.9. The summed E-state index contributed by atoms with van der Waals surface area (Å²) < 4.78 is 2.11. The Kier molecular flexibility index (Phi) is 4.36. The summed E-state index contributed by atoms with van der Waals surface area (Å²) in [6, 6.07) is 15.1. The van der Waals surface area contributed by atoms with Crippen molar-refractivity contribution in [2.24, 2.45) is 0 Å². The number of hydrogen-bond acceptors (Lipinski definition) is 1. The fourth-order valence-corrected chi connectivity index (χ4v) is 2.77. The Hall–Kier alpha value is -1.97. The van der Waals surface area contributed by atoms with E-state index in [0.29, 0.717) is 28.7 Å². The maximum atomic E-state index is 12.1. The van der Waals surface area contributed by atoms with E-state index in [4.69, 9.17) is 23.2 Å². The van der Waals surface area contributed by atoms with Crippen molar-refractivity contribution < 1.29 is 4.79 Å². The van der Waals surface area contributed by atoms with Crippen LogP contribution in [0.5, 0.6) is 0 Å². The highest BCUT2D eigenvalue weighted by Crippen LogP contribution is 2.20. The zero-order valence-electron chi connectivity index (χ0n) is 11.7. The van der Waals surface area contributed by atoms with Gasteiger partial charge in [-0.25, -0.2) is 0 Å². The van der Waals surface area contributed by atoms with Crippen molar-refractivity contribution in [3.8, 4) is 0 Å². The van der Waals surface area contributed by atoms with Gasteiger partial charge < -0.3 is 9.88 Å². The second-order valence-electron chi connectivity index (χ2n) is 4.95. The number of carbonyl (C=O) groups excluding carboxylic acids is 1. The average molecular weight is 333 g/mol. The molecule has 5 heteroatoms. The minimum absolute atomic E-state index is 0.219. The number of nitrogens with one attached hydrogen (secondary N) is 1. The van der Waals surface area contributed by atoms with Crippen molar-refractivity contribution in [3.05, 3.63) is 70.3 Å². The van der Waals surface area contributed by atoms with Gasteiger partial charge in [0.2, 0.25) is 0 Å². The van der Waals surface area contributed by atoms with Crippen LogP contribution in [0.25, 0.3) is 10.9 Å². The summed E-state index contributed by atoms with van der Waals surface area (Å²) in [6.07, 6.45) is 2.02. The molecule has 112 valence electrons. The molecule has 0 unspecified atom stereocenters. The number of nitrogens with zero attached hydrogens (tertiary/aromatic N) is 1. The second-order valence-corrected chi connectivity index (χ2v) is 5.79. The third kappa shape index (κ3) is 3.11. The first-order valence-electron chi connectivity index (χ1n) is 6.92. The molecule has 0 radical (unpaired) electrons. The van der Waals surface area contributed by atoms with Crippen LogP contribution in [0, 0.1) is 0 Å². The van der Waals surface area contributed by atoms with E-state index < -0.39 is 0 Å². The van der Waals surface area contributed by atoms with Crippen LogP contribution >= 0.6 is 23.2 Å². The zero-order chi connectivity index (χ0) is 15.5. The summed E-state index contributed by atoms with van der Waals surface area (Å²) in [7, 11) is 0. The van der Waals surface area contributed by atoms with E-state index in [2.05, 4.69) is 28.1 Å². The normalized spacial score (nSPS) is 10.8. The molecule has 1 N–H and O–H groups in total. The SMILES string of the molecule is O=C(NCCn1ccc2ccccc21)c1cc(Cl)ccc1Cl. The third-order valence-corrected chi connectivity index (χ3v) is 4.06. The fourth-order valence-electron chi connectivity index (χ4n) is 2.39. The van der Waals surface area contributed by atoms with E-state index in [1.807, 2.05) is 18.3 Å². The van der Waals surface area contributed by atoms with Gasteiger partial charge in [-0.1, -0.05) is 41.4 Å². The number of para-hydroxylation sites is 1. The average Bonchev–Trinajstić information content (AvgIpc) is 2.93. The van der Waals surface area contributed by atoms with Gasteiger partial charge in [-0.2, -0.15) is 0 Å². The molecule has 0 fully saturated rings. The lowest BCUT2D eigenvalue weighted by molar-refractivity contribution is 0.0952. The van der Waals surface area contributed by atoms with Crippen LogP contribution in [0.4, 0.5) is 0 Å². The molecule has 1 amide bonds. The van der Waals surface area contributed by atoms with Gasteiger partial charge in [0.05, 0.1) is 10.6 Å². The molecule has 0 aliphatic heterocycles. The first-order chi connectivity index (χ1) is 10.6. The summed E-state index contributed by atoms with van der Waals surface area (Å²) in [5.74, 6) is -0.219. The summed E-state index contributed by atoms with van der Waals surface area (Å²) in [5.41, 5.74) is 1.55. The van der Waals surface area contributed by atoms with Crippen LogP contribution < -0.4 is 5.32 Å². The van der Waals surface area contributed by atoms with Crippen LogP contribution in [-0.4, -0.2) is 17.0 Å². The molecule has 0 bridgehead atoms. The summed E-state index contributed by atoms with van der Waals surface area (Å²) in [5, 5.41) is 4.94. The Morgan fingerprint density at radius 2 is 1.91 bits per heavy atom. The van der Waals surface area contributed by atoms with Gasteiger partial charge in [-0.05, 0) is 35.7 Å². The highest BCUT2D eigenvalue weighted by Gasteiger charge is 2.10. The molecule has 3 aromatic rings. The van der Waals surface area contributed by atoms with Gasteiger partial charge in [0.1, 0.15) is 0 Å². The molecule has 1 aromatic heterocycles. The first kappa shape index (κ1) is 14.9. The van der Waals surface area contributed by atoms with Crippen LogP contribution in [0.1, 0.15) is 10.4 Å². The Bertz CT molecular complexity index is 826. The molecule has 3 rings (SSSR count). The number of amides is 1. The number of hydrogen-bond donors (Lipinski definition) is 1. The van der Waals surface area contributed by atoms with E-state index in [1.54, 1.807) is 18.2 Å². The predicted molar refractivity (Wildman–Crippen MR) is 90.7 cm³/mol. The van der Waals surface area contributed by atoms with Crippen molar-refractivity contribution in [1.82, 2.24) is 9.88 Å². The topological polar surface area (TPSA) is 34.0 Å². The number of carbonyl (C=O) groups is 1. The summed E-state index contributed by atoms with van der Waals surface area (Å²) in [6.45, 7) is 1.21. The van der Waals surface area contributed by atoms with Crippen molar-refractivity contribution in [2.75, 3.05) is 6.54 Å². The van der Waals surface area contributed by atoms with Crippen LogP contribution in [0.3, 0.4) is 0 Å². The standard InChI is InChI=1S/C17H14Cl2N2O/c18-13-5-6-15(19)14(11-13)17(22)20-8-10-21-9-7-12-3-1-2-4-16(12)21/h1-7,9,11H,8,10H2,(H,20,22). The highest BCUT2D eigenvalue weighted by molar-refractivity contribution is 6.35. The molecular formula is C17H14Cl2N2O. The number of benzene rings is 2. The van der Waals surface area contributed by atoms with Crippen molar-refractivity contribution in [3.63, 3.8) is 0 Å². The Labute approximate surface area is 138 Å². The number of rotatable bonds is 4. The fraction of sp³-hybridized carbons (Fsp3) is 0.118. The van der Waals surface area contributed by atoms with Gasteiger partial charge in [0.25, 0.3) is 5.91 Å². The summed E-state index contributed by atoms with van der Waals surface area (Å²) in [4.78, 5) is 12.1. The molecule has 3 nitrogen and oxygen atoms in total. The zero-order valence-corrected chi connectivity index (χ0v) is 13.2. The van der Waals surface area contributed by atoms with Gasteiger partial charge in [0.15, 0.2) is 0 Å². The van der Waals surface area contributed by atoms with Crippen LogP contribution in [0.15, 0.2) is 54.7 Å². The van der Waals surface area contributed by atoms with Crippen molar-refractivity contribution >= 4 is 40.0 Å². The molecule has 0 aliphatic carbocycles. The van der Waals surface area contributed by atoms with Gasteiger partial charge in [-0.15, -0.1) is 0 Å². The third-order valence-electron chi connectivity index (χ3n) is 3.49. The number of halogens is 2. The first-order valence-corrected chi connectivity index (χ1v) is 7.68. The van der Waals surface area contributed by atoms with Gasteiger partial charge in [-0.3, -0.25) is 4.79 Å². The minimum atomic E-state index is -0.219. The Morgan fingerprint density at radius 3 is 2.77 bits per heavy atom. The van der Waals surface area contributed by atoms with E-state index in [1.165, 1.54) is 5.39 Å². The van der Waals surface area contributed by atoms with Gasteiger partial charge in [0, 0.05) is 29.8 Å². The Balaban J connectivity index is 1.65. The van der Waals surface area contributed by atoms with Gasteiger partial charge >= 0.3 is 0 Å². The quantitative estimate of drug-likeness (QED) is 0.755. The van der Waals surface area contributed by atoms with E-state index in [-0.39, 0.29) is 5.91 Å². The lowest BCUT2D eigenvalue weighted by Gasteiger charge is -2.09. The molecule has 0 atom stereocenters. The molecule has 22 heavy (non-hydrogen) atoms. The van der Waals surface area contributed by atoms with E-state index in [9.17, 15) is 4.79 Å². The lowest BCUT2D eigenvalue weighted by Crippen LogP contribution is -2.27. The number of fused-ring (bicyclic) bond motifs is 1. The molecule has 0 saturated heterocycles. The lowest BCUT2D eigenvalue weighted by atomic mass is 10.2. The second kappa shape index (κ2) is 6.42. The van der Waals surface area contributed by atoms with E-state index >= 15 is 0 Å². The molecule has 0 saturated carbocycles. The molecular weight excluding hydrogens is 319 g/mol. The van der Waals surface area contributed by atoms with Crippen LogP contribution in [-0.2, 0) is 6.54 Å². The molecule has 2 aromatic carbocycles. The highest BCUT2D eigenvalue weighted by atomic mass is 35.5. The van der Waals surface area contributed by atoms with E-state index in [0.717, 1.165) is 5.52 Å². The molecule has 1 heterocycles. The monoisotopic (exact) mass is 332 g/mol. The minimum Gasteiger partial charge on any atom is -0.350 e. The Morgan fingerprint density at radius 1 is 1.09 bits per heavy atom. The molecule has 0 spiro atoms. The maximum absolute atomic E-state index is 12.1. The van der Waals surface area contributed by atoms with Crippen molar-refractivity contribution in [1.29, 1.82) is 0 Å². The van der Waals surface area contributed by atoms with Crippen LogP contribution in [0.2, 0.25) is 10.0 Å². The maximum Gasteiger partial charge on any atom is 0.252 e. The predicted octanol–water partition coefficient (Wildman–Crippen LogP) is 4.38. The smallest absolute Gasteiger partial charge is 0.252 e. The van der Waals surface area contributed by atoms with Crippen molar-refractivity contribution in [2.45, 2.75) is 6.54 Å². The number of aromatic nitrogens is 1. The molecule has 0 aliphatic rings.